The second-order valence-corrected chi connectivity index (χ2v) is 9.58. The number of hydrogen-bond donors (Lipinski definition) is 0. The van der Waals surface area contributed by atoms with Crippen LogP contribution in [0.3, 0.4) is 0 Å². The van der Waals surface area contributed by atoms with Gasteiger partial charge < -0.3 is 4.74 Å². The summed E-state index contributed by atoms with van der Waals surface area (Å²) in [6.07, 6.45) is -13.7. The van der Waals surface area contributed by atoms with Crippen molar-refractivity contribution >= 4 is 29.0 Å². The highest BCUT2D eigenvalue weighted by Gasteiger charge is 2.73. The van der Waals surface area contributed by atoms with Crippen LogP contribution in [0.4, 0.5) is 43.9 Å². The van der Waals surface area contributed by atoms with Crippen LogP contribution in [0, 0.1) is 5.92 Å². The standard InChI is InChI=1S/C23H13Cl2F10N3O2/c24-15-5-13(20(26,21(27,28)29)22(30,31)32)6-17(40-23(33,34)35)18(15)38-9-12(8-37-38)11-4-14(19(25)36-7-11)16(39)3-10-1-2-10/h4-10H,1-3H2. The molecule has 1 aliphatic carbocycles. The Hall–Kier alpha value is -3.07. The van der Waals surface area contributed by atoms with Crippen molar-refractivity contribution in [2.75, 3.05) is 0 Å². The van der Waals surface area contributed by atoms with Crippen LogP contribution in [-0.2, 0) is 5.67 Å². The van der Waals surface area contributed by atoms with Crippen molar-refractivity contribution in [1.82, 2.24) is 14.8 Å². The SMILES string of the molecule is O=C(CC1CC1)c1cc(-c2cnn(-c3c(Cl)cc(C(F)(C(F)(F)F)C(F)(F)F)cc3OC(F)(F)F)c2)cnc1Cl. The number of pyridine rings is 1. The number of halogens is 12. The minimum atomic E-state index is -6.62. The minimum Gasteiger partial charge on any atom is -0.403 e. The average molecular weight is 624 g/mol. The third-order valence-corrected chi connectivity index (χ3v) is 6.48. The van der Waals surface area contributed by atoms with Crippen LogP contribution in [0.25, 0.3) is 16.8 Å². The second-order valence-electron chi connectivity index (χ2n) is 8.81. The number of ketones is 1. The zero-order chi connectivity index (χ0) is 29.8. The molecule has 1 saturated carbocycles. The van der Waals surface area contributed by atoms with Crippen molar-refractivity contribution in [2.24, 2.45) is 5.92 Å². The summed E-state index contributed by atoms with van der Waals surface area (Å²) in [6, 6.07) is 0.805. The Bertz CT molecular complexity index is 1430. The normalized spacial score (nSPS) is 14.9. The number of aromatic nitrogens is 3. The molecule has 0 aliphatic heterocycles. The van der Waals surface area contributed by atoms with E-state index in [1.54, 1.807) is 0 Å². The first-order valence-corrected chi connectivity index (χ1v) is 11.7. The van der Waals surface area contributed by atoms with Crippen LogP contribution in [0.1, 0.15) is 35.2 Å². The van der Waals surface area contributed by atoms with Gasteiger partial charge in [-0.05, 0) is 37.0 Å². The number of carbonyl (C=O) groups is 1. The Morgan fingerprint density at radius 1 is 0.925 bits per heavy atom. The third kappa shape index (κ3) is 5.85. The lowest BCUT2D eigenvalue weighted by Crippen LogP contribution is -2.50. The molecule has 0 bridgehead atoms. The largest absolute Gasteiger partial charge is 0.573 e. The Labute approximate surface area is 227 Å². The van der Waals surface area contributed by atoms with Gasteiger partial charge in [-0.2, -0.15) is 31.4 Å². The Balaban J connectivity index is 1.81. The van der Waals surface area contributed by atoms with E-state index in [9.17, 15) is 48.7 Å². The topological polar surface area (TPSA) is 57.0 Å². The Morgan fingerprint density at radius 3 is 2.10 bits per heavy atom. The number of hydrogen-bond acceptors (Lipinski definition) is 4. The van der Waals surface area contributed by atoms with Gasteiger partial charge >= 0.3 is 24.4 Å². The van der Waals surface area contributed by atoms with Crippen LogP contribution in [0.2, 0.25) is 10.2 Å². The molecule has 0 radical (unpaired) electrons. The number of nitrogens with zero attached hydrogens (tertiary/aromatic N) is 3. The van der Waals surface area contributed by atoms with Gasteiger partial charge in [0.15, 0.2) is 11.5 Å². The molecule has 0 atom stereocenters. The molecule has 1 aliphatic rings. The van der Waals surface area contributed by atoms with Gasteiger partial charge in [-0.15, -0.1) is 13.2 Å². The summed E-state index contributed by atoms with van der Waals surface area (Å²) in [5.74, 6) is -1.79. The summed E-state index contributed by atoms with van der Waals surface area (Å²) in [5, 5.41) is 2.47. The van der Waals surface area contributed by atoms with Crippen molar-refractivity contribution in [3.8, 4) is 22.6 Å². The highest BCUT2D eigenvalue weighted by atomic mass is 35.5. The van der Waals surface area contributed by atoms with Crippen LogP contribution in [0.5, 0.6) is 5.75 Å². The zero-order valence-corrected chi connectivity index (χ0v) is 20.9. The van der Waals surface area contributed by atoms with E-state index in [1.807, 2.05) is 0 Å². The molecule has 1 fully saturated rings. The van der Waals surface area contributed by atoms with E-state index in [4.69, 9.17) is 23.2 Å². The fraction of sp³-hybridized carbons (Fsp3) is 0.348. The molecule has 4 rings (SSSR count). The van der Waals surface area contributed by atoms with Crippen LogP contribution < -0.4 is 4.74 Å². The van der Waals surface area contributed by atoms with E-state index in [0.717, 1.165) is 25.2 Å². The lowest BCUT2D eigenvalue weighted by Gasteiger charge is -2.31. The monoisotopic (exact) mass is 623 g/mol. The molecule has 40 heavy (non-hydrogen) atoms. The molecule has 0 saturated heterocycles. The minimum absolute atomic E-state index is 0.0564. The quantitative estimate of drug-likeness (QED) is 0.151. The maximum absolute atomic E-state index is 14.6. The highest BCUT2D eigenvalue weighted by molar-refractivity contribution is 6.33. The van der Waals surface area contributed by atoms with Gasteiger partial charge in [-0.25, -0.2) is 14.1 Å². The first kappa shape index (κ1) is 29.9. The van der Waals surface area contributed by atoms with Crippen molar-refractivity contribution < 1.29 is 53.4 Å². The third-order valence-electron chi connectivity index (χ3n) is 5.89. The van der Waals surface area contributed by atoms with Crippen molar-refractivity contribution in [2.45, 2.75) is 43.6 Å². The number of Topliss-reactive ketones (excluding diaryl/α,β-unsaturated/α-hetero) is 1. The first-order valence-electron chi connectivity index (χ1n) is 11.0. The fourth-order valence-corrected chi connectivity index (χ4v) is 4.28. The summed E-state index contributed by atoms with van der Waals surface area (Å²) in [7, 11) is 0. The summed E-state index contributed by atoms with van der Waals surface area (Å²) in [5.41, 5.74) is -8.99. The number of benzene rings is 1. The van der Waals surface area contributed by atoms with E-state index in [-0.39, 0.29) is 46.0 Å². The van der Waals surface area contributed by atoms with Crippen LogP contribution >= 0.6 is 23.2 Å². The summed E-state index contributed by atoms with van der Waals surface area (Å²) >= 11 is 11.8. The van der Waals surface area contributed by atoms with Gasteiger partial charge in [0.2, 0.25) is 0 Å². The maximum Gasteiger partial charge on any atom is 0.573 e. The predicted octanol–water partition coefficient (Wildman–Crippen LogP) is 8.41. The van der Waals surface area contributed by atoms with E-state index < -0.39 is 52.5 Å². The molecular weight excluding hydrogens is 611 g/mol. The molecule has 3 aromatic rings. The van der Waals surface area contributed by atoms with E-state index in [0.29, 0.717) is 4.68 Å². The first-order chi connectivity index (χ1) is 18.3. The lowest BCUT2D eigenvalue weighted by molar-refractivity contribution is -0.348. The predicted molar refractivity (Wildman–Crippen MR) is 120 cm³/mol. The van der Waals surface area contributed by atoms with Gasteiger partial charge in [-0.1, -0.05) is 23.2 Å². The molecule has 0 amide bonds. The van der Waals surface area contributed by atoms with Crippen molar-refractivity contribution in [3.63, 3.8) is 0 Å². The van der Waals surface area contributed by atoms with E-state index >= 15 is 0 Å². The smallest absolute Gasteiger partial charge is 0.403 e. The number of ether oxygens (including phenoxy) is 1. The summed E-state index contributed by atoms with van der Waals surface area (Å²) < 4.78 is 138. The Morgan fingerprint density at radius 2 is 1.55 bits per heavy atom. The molecule has 2 heterocycles. The van der Waals surface area contributed by atoms with Crippen LogP contribution in [0.15, 0.2) is 36.8 Å². The summed E-state index contributed by atoms with van der Waals surface area (Å²) in [6.45, 7) is 0. The number of rotatable bonds is 7. The molecule has 2 aromatic heterocycles. The molecule has 0 unspecified atom stereocenters. The summed E-state index contributed by atoms with van der Waals surface area (Å²) in [4.78, 5) is 16.4. The van der Waals surface area contributed by atoms with Crippen molar-refractivity contribution in [1.29, 1.82) is 0 Å². The molecule has 1 aromatic carbocycles. The second kappa shape index (κ2) is 10.1. The average Bonchev–Trinajstić information content (AvgIpc) is 3.48. The Kier molecular flexibility index (Phi) is 7.54. The van der Waals surface area contributed by atoms with E-state index in [1.165, 1.54) is 12.3 Å². The lowest BCUT2D eigenvalue weighted by atomic mass is 9.93. The van der Waals surface area contributed by atoms with E-state index in [2.05, 4.69) is 14.8 Å². The number of carbonyl (C=O) groups excluding carboxylic acids is 1. The molecular formula is C23H13Cl2F10N3O2. The van der Waals surface area contributed by atoms with Crippen molar-refractivity contribution in [3.05, 3.63) is 58.1 Å². The van der Waals surface area contributed by atoms with Gasteiger partial charge in [0.1, 0.15) is 10.8 Å². The zero-order valence-electron chi connectivity index (χ0n) is 19.4. The van der Waals surface area contributed by atoms with Gasteiger partial charge in [0.25, 0.3) is 0 Å². The van der Waals surface area contributed by atoms with Gasteiger partial charge in [0.05, 0.1) is 16.8 Å². The molecule has 5 nitrogen and oxygen atoms in total. The molecule has 216 valence electrons. The number of alkyl halides is 10. The van der Waals surface area contributed by atoms with Crippen LogP contribution in [-0.4, -0.2) is 39.3 Å². The maximum atomic E-state index is 14.6. The molecule has 17 heteroatoms. The molecule has 0 spiro atoms. The van der Waals surface area contributed by atoms with Gasteiger partial charge in [-0.3, -0.25) is 4.79 Å². The highest BCUT2D eigenvalue weighted by Crippen LogP contribution is 2.55. The molecule has 0 N–H and O–H groups in total. The fourth-order valence-electron chi connectivity index (χ4n) is 3.78. The van der Waals surface area contributed by atoms with Gasteiger partial charge in [0, 0.05) is 35.5 Å².